The van der Waals surface area contributed by atoms with Crippen LogP contribution >= 0.6 is 0 Å². The molecule has 0 aromatic carbocycles. The van der Waals surface area contributed by atoms with Crippen LogP contribution in [0.2, 0.25) is 0 Å². The molecule has 0 spiro atoms. The van der Waals surface area contributed by atoms with Crippen molar-refractivity contribution in [2.24, 2.45) is 17.8 Å². The van der Waals surface area contributed by atoms with Gasteiger partial charge in [0.05, 0.1) is 0 Å². The fourth-order valence-corrected chi connectivity index (χ4v) is 4.99. The smallest absolute Gasteiger partial charge is 0.0490 e. The Morgan fingerprint density at radius 1 is 1.18 bits per heavy atom. The van der Waals surface area contributed by atoms with Gasteiger partial charge in [0.25, 0.3) is 0 Å². The molecule has 1 heterocycles. The number of hydrogen-bond donors (Lipinski definition) is 2. The summed E-state index contributed by atoms with van der Waals surface area (Å²) < 4.78 is 0. The van der Waals surface area contributed by atoms with Crippen molar-refractivity contribution in [2.75, 3.05) is 0 Å². The van der Waals surface area contributed by atoms with Gasteiger partial charge in [-0.25, -0.2) is 0 Å². The molecule has 3 nitrogen and oxygen atoms in total. The third-order valence-corrected chi connectivity index (χ3v) is 5.25. The van der Waals surface area contributed by atoms with E-state index >= 15 is 0 Å². The Hall–Kier alpha value is -0.830. The van der Waals surface area contributed by atoms with Crippen LogP contribution in [0.1, 0.15) is 44.2 Å². The highest BCUT2D eigenvalue weighted by molar-refractivity contribution is 5.08. The van der Waals surface area contributed by atoms with Gasteiger partial charge in [-0.15, -0.1) is 0 Å². The average Bonchev–Trinajstić information content (AvgIpc) is 2.77. The lowest BCUT2D eigenvalue weighted by Gasteiger charge is -2.57. The van der Waals surface area contributed by atoms with Crippen molar-refractivity contribution in [3.8, 4) is 0 Å². The molecule has 1 aromatic heterocycles. The molecular weight excluding hydrogens is 210 g/mol. The summed E-state index contributed by atoms with van der Waals surface area (Å²) in [5.41, 5.74) is 1.69. The summed E-state index contributed by atoms with van der Waals surface area (Å²) in [4.78, 5) is 0. The predicted molar refractivity (Wildman–Crippen MR) is 66.3 cm³/mol. The number of aromatic nitrogens is 2. The van der Waals surface area contributed by atoms with Crippen molar-refractivity contribution in [3.63, 3.8) is 0 Å². The Bertz CT molecular complexity index is 360. The Balaban J connectivity index is 1.49. The predicted octanol–water partition coefficient (Wildman–Crippen LogP) is 2.47. The third kappa shape index (κ3) is 1.71. The van der Waals surface area contributed by atoms with Crippen LogP contribution in [0.25, 0.3) is 0 Å². The SMILES string of the molecule is c1cc(CNC23CC4CC(CC(C4)C2)C3)[nH]n1. The largest absolute Gasteiger partial charge is 0.306 e. The molecule has 5 rings (SSSR count). The van der Waals surface area contributed by atoms with Gasteiger partial charge in [-0.1, -0.05) is 0 Å². The fourth-order valence-electron chi connectivity index (χ4n) is 4.99. The number of aromatic amines is 1. The molecule has 2 N–H and O–H groups in total. The van der Waals surface area contributed by atoms with Crippen molar-refractivity contribution in [1.29, 1.82) is 0 Å². The van der Waals surface area contributed by atoms with Crippen LogP contribution in [0.4, 0.5) is 0 Å². The Morgan fingerprint density at radius 3 is 2.35 bits per heavy atom. The maximum atomic E-state index is 4.02. The lowest BCUT2D eigenvalue weighted by molar-refractivity contribution is -0.0207. The summed E-state index contributed by atoms with van der Waals surface area (Å²) in [5.74, 6) is 3.07. The number of rotatable bonds is 3. The molecule has 0 aliphatic heterocycles. The molecule has 4 fully saturated rings. The van der Waals surface area contributed by atoms with Gasteiger partial charge in [0.15, 0.2) is 0 Å². The molecule has 0 radical (unpaired) electrons. The average molecular weight is 231 g/mol. The Kier molecular flexibility index (Phi) is 2.13. The van der Waals surface area contributed by atoms with Crippen LogP contribution in [0, 0.1) is 17.8 Å². The van der Waals surface area contributed by atoms with E-state index in [4.69, 9.17) is 0 Å². The van der Waals surface area contributed by atoms with Gasteiger partial charge < -0.3 is 5.32 Å². The summed E-state index contributed by atoms with van der Waals surface area (Å²) in [6.45, 7) is 0.964. The topological polar surface area (TPSA) is 40.7 Å². The van der Waals surface area contributed by atoms with Gasteiger partial charge in [-0.05, 0) is 62.3 Å². The van der Waals surface area contributed by atoms with Gasteiger partial charge in [0, 0.05) is 24.0 Å². The van der Waals surface area contributed by atoms with Crippen molar-refractivity contribution in [2.45, 2.75) is 50.6 Å². The molecular formula is C14H21N3. The highest BCUT2D eigenvalue weighted by Crippen LogP contribution is 2.55. The molecule has 92 valence electrons. The van der Waals surface area contributed by atoms with Crippen molar-refractivity contribution < 1.29 is 0 Å². The van der Waals surface area contributed by atoms with Gasteiger partial charge in [0.2, 0.25) is 0 Å². The summed E-state index contributed by atoms with van der Waals surface area (Å²) in [7, 11) is 0. The van der Waals surface area contributed by atoms with Crippen molar-refractivity contribution >= 4 is 0 Å². The van der Waals surface area contributed by atoms with Gasteiger partial charge >= 0.3 is 0 Å². The normalized spacial score (nSPS) is 43.2. The molecule has 4 aliphatic rings. The minimum Gasteiger partial charge on any atom is -0.306 e. The summed E-state index contributed by atoms with van der Waals surface area (Å²) in [6, 6.07) is 2.08. The van der Waals surface area contributed by atoms with E-state index in [2.05, 4.69) is 21.6 Å². The highest BCUT2D eigenvalue weighted by Gasteiger charge is 2.50. The van der Waals surface area contributed by atoms with Crippen LogP contribution in [-0.2, 0) is 6.54 Å². The van der Waals surface area contributed by atoms with Crippen LogP contribution < -0.4 is 5.32 Å². The van der Waals surface area contributed by atoms with E-state index in [9.17, 15) is 0 Å². The molecule has 0 unspecified atom stereocenters. The van der Waals surface area contributed by atoms with Crippen molar-refractivity contribution in [1.82, 2.24) is 15.5 Å². The van der Waals surface area contributed by atoms with Crippen LogP contribution in [-0.4, -0.2) is 15.7 Å². The first kappa shape index (κ1) is 10.1. The van der Waals surface area contributed by atoms with E-state index in [0.29, 0.717) is 5.54 Å². The molecule has 4 saturated carbocycles. The van der Waals surface area contributed by atoms with E-state index in [1.54, 1.807) is 0 Å². The lowest BCUT2D eigenvalue weighted by atomic mass is 9.53. The maximum absolute atomic E-state index is 4.02. The zero-order valence-electron chi connectivity index (χ0n) is 10.3. The van der Waals surface area contributed by atoms with Gasteiger partial charge in [-0.3, -0.25) is 5.10 Å². The van der Waals surface area contributed by atoms with E-state index in [0.717, 1.165) is 24.3 Å². The van der Waals surface area contributed by atoms with Crippen LogP contribution in [0.3, 0.4) is 0 Å². The van der Waals surface area contributed by atoms with E-state index in [-0.39, 0.29) is 0 Å². The van der Waals surface area contributed by atoms with E-state index < -0.39 is 0 Å². The number of nitrogens with one attached hydrogen (secondary N) is 2. The number of hydrogen-bond acceptors (Lipinski definition) is 2. The number of nitrogens with zero attached hydrogens (tertiary/aromatic N) is 1. The fraction of sp³-hybridized carbons (Fsp3) is 0.786. The Labute approximate surface area is 102 Å². The molecule has 0 amide bonds. The molecule has 17 heavy (non-hydrogen) atoms. The van der Waals surface area contributed by atoms with Crippen LogP contribution in [0.5, 0.6) is 0 Å². The molecule has 3 heteroatoms. The second-order valence-corrected chi connectivity index (χ2v) is 6.63. The zero-order chi connectivity index (χ0) is 11.3. The second-order valence-electron chi connectivity index (χ2n) is 6.63. The van der Waals surface area contributed by atoms with E-state index in [1.165, 1.54) is 44.2 Å². The minimum absolute atomic E-state index is 0.472. The first-order valence-electron chi connectivity index (χ1n) is 7.05. The molecule has 0 atom stereocenters. The second kappa shape index (κ2) is 3.58. The molecule has 1 aromatic rings. The van der Waals surface area contributed by atoms with Crippen LogP contribution in [0.15, 0.2) is 12.3 Å². The standard InChI is InChI=1S/C14H21N3/c1-2-16-17-13(1)9-15-14-6-10-3-11(7-14)5-12(4-10)8-14/h1-2,10-12,15H,3-9H2,(H,16,17). The van der Waals surface area contributed by atoms with Gasteiger partial charge in [0.1, 0.15) is 0 Å². The quantitative estimate of drug-likeness (QED) is 0.839. The van der Waals surface area contributed by atoms with Crippen molar-refractivity contribution in [3.05, 3.63) is 18.0 Å². The number of H-pyrrole nitrogens is 1. The summed E-state index contributed by atoms with van der Waals surface area (Å²) in [5, 5.41) is 10.9. The van der Waals surface area contributed by atoms with Gasteiger partial charge in [-0.2, -0.15) is 5.10 Å². The summed E-state index contributed by atoms with van der Waals surface area (Å²) in [6.07, 6.45) is 10.7. The lowest BCUT2D eigenvalue weighted by Crippen LogP contribution is -2.58. The molecule has 4 aliphatic carbocycles. The summed E-state index contributed by atoms with van der Waals surface area (Å²) >= 11 is 0. The highest BCUT2D eigenvalue weighted by atomic mass is 15.1. The molecule has 4 bridgehead atoms. The van der Waals surface area contributed by atoms with E-state index in [1.807, 2.05) is 6.20 Å². The monoisotopic (exact) mass is 231 g/mol. The Morgan fingerprint density at radius 2 is 1.82 bits per heavy atom. The minimum atomic E-state index is 0.472. The first-order valence-corrected chi connectivity index (χ1v) is 7.05. The third-order valence-electron chi connectivity index (χ3n) is 5.25. The molecule has 0 saturated heterocycles. The maximum Gasteiger partial charge on any atom is 0.0490 e. The zero-order valence-corrected chi connectivity index (χ0v) is 10.3. The first-order chi connectivity index (χ1) is 8.31.